The Balaban J connectivity index is 1.97. The van der Waals surface area contributed by atoms with E-state index >= 15 is 0 Å². The summed E-state index contributed by atoms with van der Waals surface area (Å²) in [5.41, 5.74) is 1.11. The number of methoxy groups -OCH3 is 1. The van der Waals surface area contributed by atoms with Gasteiger partial charge in [-0.25, -0.2) is 0 Å². The SMILES string of the molecule is CCN(CCC(=O)O)C(=O)C1CC1c1cccc(OC)c1. The molecule has 21 heavy (non-hydrogen) atoms. The van der Waals surface area contributed by atoms with Crippen molar-refractivity contribution in [2.24, 2.45) is 5.92 Å². The minimum Gasteiger partial charge on any atom is -0.497 e. The lowest BCUT2D eigenvalue weighted by Gasteiger charge is -2.20. The van der Waals surface area contributed by atoms with Crippen LogP contribution in [0.4, 0.5) is 0 Å². The van der Waals surface area contributed by atoms with E-state index in [1.807, 2.05) is 31.2 Å². The van der Waals surface area contributed by atoms with Gasteiger partial charge in [-0.05, 0) is 37.0 Å². The standard InChI is InChI=1S/C16H21NO4/c1-3-17(8-7-15(18)19)16(20)14-10-13(14)11-5-4-6-12(9-11)21-2/h4-6,9,13-14H,3,7-8,10H2,1-2H3,(H,18,19). The summed E-state index contributed by atoms with van der Waals surface area (Å²) in [5, 5.41) is 8.73. The molecule has 1 saturated carbocycles. The summed E-state index contributed by atoms with van der Waals surface area (Å²) < 4.78 is 5.20. The molecule has 0 aliphatic heterocycles. The molecule has 1 aliphatic rings. The van der Waals surface area contributed by atoms with Gasteiger partial charge in [-0.15, -0.1) is 0 Å². The highest BCUT2D eigenvalue weighted by Crippen LogP contribution is 2.49. The number of carbonyl (C=O) groups excluding carboxylic acids is 1. The Bertz CT molecular complexity index is 529. The molecule has 1 amide bonds. The second-order valence-corrected chi connectivity index (χ2v) is 5.29. The average Bonchev–Trinajstić information content (AvgIpc) is 3.28. The van der Waals surface area contributed by atoms with Crippen molar-refractivity contribution in [3.05, 3.63) is 29.8 Å². The Morgan fingerprint density at radius 2 is 2.19 bits per heavy atom. The summed E-state index contributed by atoms with van der Waals surface area (Å²) in [7, 11) is 1.62. The van der Waals surface area contributed by atoms with Gasteiger partial charge in [0.25, 0.3) is 0 Å². The molecule has 1 aromatic rings. The van der Waals surface area contributed by atoms with E-state index < -0.39 is 5.97 Å². The highest BCUT2D eigenvalue weighted by Gasteiger charge is 2.45. The van der Waals surface area contributed by atoms with Crippen molar-refractivity contribution < 1.29 is 19.4 Å². The van der Waals surface area contributed by atoms with Crippen LogP contribution in [0, 0.1) is 5.92 Å². The molecule has 114 valence electrons. The van der Waals surface area contributed by atoms with Crippen LogP contribution in [0.3, 0.4) is 0 Å². The van der Waals surface area contributed by atoms with E-state index in [4.69, 9.17) is 9.84 Å². The minimum absolute atomic E-state index is 0.00384. The first-order chi connectivity index (χ1) is 10.1. The van der Waals surface area contributed by atoms with Gasteiger partial charge < -0.3 is 14.7 Å². The molecule has 1 fully saturated rings. The van der Waals surface area contributed by atoms with Gasteiger partial charge in [0.15, 0.2) is 0 Å². The zero-order valence-corrected chi connectivity index (χ0v) is 12.4. The molecule has 2 unspecified atom stereocenters. The third-order valence-corrected chi connectivity index (χ3v) is 3.92. The summed E-state index contributed by atoms with van der Waals surface area (Å²) in [6.45, 7) is 2.71. The Hall–Kier alpha value is -2.04. The first kappa shape index (κ1) is 15.4. The first-order valence-electron chi connectivity index (χ1n) is 7.21. The Kier molecular flexibility index (Phi) is 4.83. The van der Waals surface area contributed by atoms with Gasteiger partial charge in [0.05, 0.1) is 13.5 Å². The molecule has 5 heteroatoms. The largest absolute Gasteiger partial charge is 0.497 e. The summed E-state index contributed by atoms with van der Waals surface area (Å²) >= 11 is 0. The molecule has 5 nitrogen and oxygen atoms in total. The normalized spacial score (nSPS) is 19.9. The first-order valence-corrected chi connectivity index (χ1v) is 7.21. The molecule has 1 aliphatic carbocycles. The van der Waals surface area contributed by atoms with Crippen molar-refractivity contribution in [3.8, 4) is 5.75 Å². The van der Waals surface area contributed by atoms with E-state index in [1.54, 1.807) is 12.0 Å². The van der Waals surface area contributed by atoms with E-state index in [0.717, 1.165) is 17.7 Å². The van der Waals surface area contributed by atoms with Crippen LogP contribution in [0.25, 0.3) is 0 Å². The van der Waals surface area contributed by atoms with E-state index in [2.05, 4.69) is 0 Å². The fourth-order valence-corrected chi connectivity index (χ4v) is 2.60. The molecular weight excluding hydrogens is 270 g/mol. The third kappa shape index (κ3) is 3.74. The maximum absolute atomic E-state index is 12.4. The topological polar surface area (TPSA) is 66.8 Å². The molecule has 0 saturated heterocycles. The Morgan fingerprint density at radius 3 is 2.81 bits per heavy atom. The van der Waals surface area contributed by atoms with Crippen molar-refractivity contribution >= 4 is 11.9 Å². The number of benzene rings is 1. The van der Waals surface area contributed by atoms with E-state index in [9.17, 15) is 9.59 Å². The highest BCUT2D eigenvalue weighted by atomic mass is 16.5. The second kappa shape index (κ2) is 6.61. The molecule has 0 heterocycles. The predicted molar refractivity (Wildman–Crippen MR) is 78.3 cm³/mol. The number of amides is 1. The van der Waals surface area contributed by atoms with Crippen molar-refractivity contribution in [3.63, 3.8) is 0 Å². The van der Waals surface area contributed by atoms with Crippen LogP contribution in [0.2, 0.25) is 0 Å². The van der Waals surface area contributed by atoms with Gasteiger partial charge in [0, 0.05) is 19.0 Å². The molecule has 1 N–H and O–H groups in total. The molecule has 2 atom stereocenters. The summed E-state index contributed by atoms with van der Waals surface area (Å²) in [6.07, 6.45) is 0.825. The number of rotatable bonds is 7. The molecule has 0 spiro atoms. The van der Waals surface area contributed by atoms with Crippen LogP contribution in [0.5, 0.6) is 5.75 Å². The van der Waals surface area contributed by atoms with Crippen LogP contribution >= 0.6 is 0 Å². The molecule has 2 rings (SSSR count). The van der Waals surface area contributed by atoms with Crippen molar-refractivity contribution in [1.29, 1.82) is 0 Å². The summed E-state index contributed by atoms with van der Waals surface area (Å²) in [4.78, 5) is 24.7. The zero-order chi connectivity index (χ0) is 15.4. The fourth-order valence-electron chi connectivity index (χ4n) is 2.60. The lowest BCUT2D eigenvalue weighted by molar-refractivity contribution is -0.138. The third-order valence-electron chi connectivity index (χ3n) is 3.92. The van der Waals surface area contributed by atoms with Gasteiger partial charge in [-0.1, -0.05) is 12.1 Å². The van der Waals surface area contributed by atoms with E-state index in [0.29, 0.717) is 6.54 Å². The van der Waals surface area contributed by atoms with Crippen LogP contribution in [0.1, 0.15) is 31.2 Å². The monoisotopic (exact) mass is 291 g/mol. The van der Waals surface area contributed by atoms with Crippen molar-refractivity contribution in [2.75, 3.05) is 20.2 Å². The van der Waals surface area contributed by atoms with Crippen molar-refractivity contribution in [1.82, 2.24) is 4.90 Å². The minimum atomic E-state index is -0.874. The van der Waals surface area contributed by atoms with E-state index in [-0.39, 0.29) is 30.7 Å². The molecule has 0 radical (unpaired) electrons. The number of hydrogen-bond acceptors (Lipinski definition) is 3. The number of hydrogen-bond donors (Lipinski definition) is 1. The predicted octanol–water partition coefficient (Wildman–Crippen LogP) is 2.12. The summed E-state index contributed by atoms with van der Waals surface area (Å²) in [5.74, 6) is 0.189. The zero-order valence-electron chi connectivity index (χ0n) is 12.4. The lowest BCUT2D eigenvalue weighted by Crippen LogP contribution is -2.34. The average molecular weight is 291 g/mol. The quantitative estimate of drug-likeness (QED) is 0.835. The van der Waals surface area contributed by atoms with Crippen LogP contribution in [0.15, 0.2) is 24.3 Å². The number of carboxylic acids is 1. The van der Waals surface area contributed by atoms with Gasteiger partial charge in [0.2, 0.25) is 5.91 Å². The molecular formula is C16H21NO4. The molecule has 1 aromatic carbocycles. The Labute approximate surface area is 124 Å². The van der Waals surface area contributed by atoms with E-state index in [1.165, 1.54) is 0 Å². The van der Waals surface area contributed by atoms with Crippen LogP contribution in [-0.4, -0.2) is 42.1 Å². The van der Waals surface area contributed by atoms with Gasteiger partial charge in [-0.2, -0.15) is 0 Å². The van der Waals surface area contributed by atoms with Crippen LogP contribution in [-0.2, 0) is 9.59 Å². The van der Waals surface area contributed by atoms with Gasteiger partial charge >= 0.3 is 5.97 Å². The number of carboxylic acid groups (broad SMARTS) is 1. The van der Waals surface area contributed by atoms with Crippen molar-refractivity contribution in [2.45, 2.75) is 25.7 Å². The molecule has 0 aromatic heterocycles. The maximum atomic E-state index is 12.4. The smallest absolute Gasteiger partial charge is 0.305 e. The second-order valence-electron chi connectivity index (χ2n) is 5.29. The number of nitrogens with zero attached hydrogens (tertiary/aromatic N) is 1. The maximum Gasteiger partial charge on any atom is 0.305 e. The Morgan fingerprint density at radius 1 is 1.43 bits per heavy atom. The number of aliphatic carboxylic acids is 1. The fraction of sp³-hybridized carbons (Fsp3) is 0.500. The summed E-state index contributed by atoms with van der Waals surface area (Å²) in [6, 6.07) is 7.78. The number of carbonyl (C=O) groups is 2. The number of ether oxygens (including phenoxy) is 1. The molecule has 0 bridgehead atoms. The van der Waals surface area contributed by atoms with Crippen LogP contribution < -0.4 is 4.74 Å². The van der Waals surface area contributed by atoms with Gasteiger partial charge in [0.1, 0.15) is 5.75 Å². The highest BCUT2D eigenvalue weighted by molar-refractivity contribution is 5.83. The lowest BCUT2D eigenvalue weighted by atomic mass is 10.1. The van der Waals surface area contributed by atoms with Gasteiger partial charge in [-0.3, -0.25) is 9.59 Å².